The van der Waals surface area contributed by atoms with Gasteiger partial charge in [-0.1, -0.05) is 0 Å². The fourth-order valence-electron chi connectivity index (χ4n) is 1.19. The van der Waals surface area contributed by atoms with Gasteiger partial charge in [-0.3, -0.25) is 0 Å². The lowest BCUT2D eigenvalue weighted by atomic mass is 10.2. The van der Waals surface area contributed by atoms with Crippen LogP contribution in [0.5, 0.6) is 0 Å². The van der Waals surface area contributed by atoms with Crippen molar-refractivity contribution in [3.05, 3.63) is 23.8 Å². The van der Waals surface area contributed by atoms with Crippen LogP contribution in [0.25, 0.3) is 0 Å². The maximum atomic E-state index is 10.7. The first kappa shape index (κ1) is 12.0. The van der Waals surface area contributed by atoms with Gasteiger partial charge in [0.15, 0.2) is 0 Å². The molecular formula is C10H17N3OS. The van der Waals surface area contributed by atoms with E-state index in [1.807, 2.05) is 25.1 Å². The average Bonchev–Trinajstić information content (AvgIpc) is 2.18. The van der Waals surface area contributed by atoms with Crippen LogP contribution in [0, 0.1) is 6.92 Å². The van der Waals surface area contributed by atoms with Crippen LogP contribution in [0.1, 0.15) is 5.56 Å². The fourth-order valence-corrected chi connectivity index (χ4v) is 1.58. The second kappa shape index (κ2) is 5.72. The Morgan fingerprint density at radius 2 is 2.13 bits per heavy atom. The first-order chi connectivity index (χ1) is 7.09. The molecule has 0 saturated heterocycles. The maximum absolute atomic E-state index is 10.7. The van der Waals surface area contributed by atoms with Gasteiger partial charge in [-0.25, -0.2) is 8.93 Å². The van der Waals surface area contributed by atoms with Crippen LogP contribution in [0.4, 0.5) is 11.4 Å². The van der Waals surface area contributed by atoms with Crippen LogP contribution in [-0.4, -0.2) is 23.6 Å². The molecule has 0 fully saturated rings. The molecule has 5 heteroatoms. The molecule has 0 radical (unpaired) electrons. The average molecular weight is 227 g/mol. The summed E-state index contributed by atoms with van der Waals surface area (Å²) in [6.07, 6.45) is 1.62. The summed E-state index contributed by atoms with van der Waals surface area (Å²) in [5, 5.41) is 3.22. The molecule has 0 heterocycles. The highest BCUT2D eigenvalue weighted by atomic mass is 32.2. The monoisotopic (exact) mass is 227 g/mol. The van der Waals surface area contributed by atoms with E-state index in [4.69, 9.17) is 5.73 Å². The molecule has 4 N–H and O–H groups in total. The zero-order chi connectivity index (χ0) is 11.3. The number of aryl methyl sites for hydroxylation is 1. The van der Waals surface area contributed by atoms with Crippen molar-refractivity contribution in [2.75, 3.05) is 30.4 Å². The Bertz CT molecular complexity index is 355. The van der Waals surface area contributed by atoms with Crippen molar-refractivity contribution in [3.63, 3.8) is 0 Å². The largest absolute Gasteiger partial charge is 0.399 e. The van der Waals surface area contributed by atoms with Crippen LogP contribution in [0.3, 0.4) is 0 Å². The summed E-state index contributed by atoms with van der Waals surface area (Å²) in [5.41, 5.74) is 8.60. The predicted molar refractivity (Wildman–Crippen MR) is 66.2 cm³/mol. The van der Waals surface area contributed by atoms with Gasteiger partial charge in [0, 0.05) is 30.7 Å². The van der Waals surface area contributed by atoms with Crippen molar-refractivity contribution in [2.24, 2.45) is 0 Å². The molecule has 0 saturated carbocycles. The number of rotatable bonds is 5. The standard InChI is InChI=1S/C10H17N3OS/c1-8-7-9(3-4-10(8)11)12-5-6-13-15(2)14/h3-4,7,12-13H,5-6,11H2,1-2H3. The summed E-state index contributed by atoms with van der Waals surface area (Å²) < 4.78 is 13.5. The Balaban J connectivity index is 2.38. The molecule has 4 nitrogen and oxygen atoms in total. The van der Waals surface area contributed by atoms with Crippen LogP contribution in [0.15, 0.2) is 18.2 Å². The summed E-state index contributed by atoms with van der Waals surface area (Å²) >= 11 is 0. The summed E-state index contributed by atoms with van der Waals surface area (Å²) in [7, 11) is -0.942. The molecule has 0 aliphatic rings. The van der Waals surface area contributed by atoms with Crippen molar-refractivity contribution in [2.45, 2.75) is 6.92 Å². The normalized spacial score (nSPS) is 12.4. The lowest BCUT2D eigenvalue weighted by Gasteiger charge is -2.08. The highest BCUT2D eigenvalue weighted by Gasteiger charge is 1.96. The molecule has 0 amide bonds. The Hall–Kier alpha value is -1.07. The van der Waals surface area contributed by atoms with E-state index in [1.54, 1.807) is 6.26 Å². The summed E-state index contributed by atoms with van der Waals surface area (Å²) in [5.74, 6) is 0. The fraction of sp³-hybridized carbons (Fsp3) is 0.400. The van der Waals surface area contributed by atoms with Gasteiger partial charge in [-0.2, -0.15) is 0 Å². The molecule has 0 spiro atoms. The Morgan fingerprint density at radius 3 is 2.73 bits per heavy atom. The molecule has 1 atom stereocenters. The van der Waals surface area contributed by atoms with Gasteiger partial charge in [0.05, 0.1) is 11.0 Å². The number of hydrogen-bond acceptors (Lipinski definition) is 3. The van der Waals surface area contributed by atoms with Crippen molar-refractivity contribution in [1.29, 1.82) is 0 Å². The van der Waals surface area contributed by atoms with E-state index < -0.39 is 11.0 Å². The lowest BCUT2D eigenvalue weighted by Crippen LogP contribution is -2.23. The Labute approximate surface area is 92.8 Å². The van der Waals surface area contributed by atoms with E-state index in [0.29, 0.717) is 6.54 Å². The van der Waals surface area contributed by atoms with Crippen LogP contribution < -0.4 is 15.8 Å². The first-order valence-electron chi connectivity index (χ1n) is 4.76. The van der Waals surface area contributed by atoms with Gasteiger partial charge in [0.25, 0.3) is 0 Å². The highest BCUT2D eigenvalue weighted by Crippen LogP contribution is 2.15. The lowest BCUT2D eigenvalue weighted by molar-refractivity contribution is 0.677. The van der Waals surface area contributed by atoms with Crippen LogP contribution in [-0.2, 0) is 11.0 Å². The topological polar surface area (TPSA) is 67.1 Å². The molecule has 1 unspecified atom stereocenters. The van der Waals surface area contributed by atoms with Crippen molar-refractivity contribution < 1.29 is 4.21 Å². The van der Waals surface area contributed by atoms with Crippen molar-refractivity contribution in [1.82, 2.24) is 4.72 Å². The third-order valence-electron chi connectivity index (χ3n) is 2.03. The third-order valence-corrected chi connectivity index (χ3v) is 2.64. The van der Waals surface area contributed by atoms with E-state index in [-0.39, 0.29) is 0 Å². The number of hydrogen-bond donors (Lipinski definition) is 3. The summed E-state index contributed by atoms with van der Waals surface area (Å²) in [6, 6.07) is 5.81. The first-order valence-corrected chi connectivity index (χ1v) is 6.32. The van der Waals surface area contributed by atoms with Gasteiger partial charge in [-0.05, 0) is 30.7 Å². The number of benzene rings is 1. The maximum Gasteiger partial charge on any atom is 0.0884 e. The van der Waals surface area contributed by atoms with Crippen LogP contribution >= 0.6 is 0 Å². The molecule has 15 heavy (non-hydrogen) atoms. The van der Waals surface area contributed by atoms with Crippen molar-refractivity contribution >= 4 is 22.4 Å². The molecule has 1 aromatic rings. The second-order valence-corrected chi connectivity index (χ2v) is 4.54. The minimum atomic E-state index is -0.942. The molecule has 0 aromatic heterocycles. The van der Waals surface area contributed by atoms with E-state index in [9.17, 15) is 4.21 Å². The Morgan fingerprint density at radius 1 is 1.40 bits per heavy atom. The van der Waals surface area contributed by atoms with E-state index in [0.717, 1.165) is 23.5 Å². The van der Waals surface area contributed by atoms with Gasteiger partial charge in [0.1, 0.15) is 0 Å². The summed E-state index contributed by atoms with van der Waals surface area (Å²) in [6.45, 7) is 3.38. The number of nitrogens with one attached hydrogen (secondary N) is 2. The van der Waals surface area contributed by atoms with Gasteiger partial charge in [-0.15, -0.1) is 0 Å². The minimum absolute atomic E-state index is 0.673. The van der Waals surface area contributed by atoms with Gasteiger partial charge < -0.3 is 11.1 Å². The second-order valence-electron chi connectivity index (χ2n) is 3.35. The highest BCUT2D eigenvalue weighted by molar-refractivity contribution is 7.82. The third kappa shape index (κ3) is 4.31. The van der Waals surface area contributed by atoms with E-state index in [2.05, 4.69) is 10.0 Å². The molecule has 0 aliphatic heterocycles. The zero-order valence-electron chi connectivity index (χ0n) is 9.04. The SMILES string of the molecule is Cc1cc(NCCNS(C)=O)ccc1N. The zero-order valence-corrected chi connectivity index (χ0v) is 9.86. The number of anilines is 2. The number of nitrogen functional groups attached to an aromatic ring is 1. The van der Waals surface area contributed by atoms with Crippen LogP contribution in [0.2, 0.25) is 0 Å². The van der Waals surface area contributed by atoms with E-state index in [1.165, 1.54) is 0 Å². The molecule has 0 aliphatic carbocycles. The minimum Gasteiger partial charge on any atom is -0.399 e. The molecule has 0 bridgehead atoms. The molecule has 1 aromatic carbocycles. The molecule has 84 valence electrons. The Kier molecular flexibility index (Phi) is 4.58. The molecular weight excluding hydrogens is 210 g/mol. The van der Waals surface area contributed by atoms with E-state index >= 15 is 0 Å². The van der Waals surface area contributed by atoms with Gasteiger partial charge in [0.2, 0.25) is 0 Å². The van der Waals surface area contributed by atoms with Crippen molar-refractivity contribution in [3.8, 4) is 0 Å². The smallest absolute Gasteiger partial charge is 0.0884 e. The number of nitrogens with two attached hydrogens (primary N) is 1. The molecule has 1 rings (SSSR count). The van der Waals surface area contributed by atoms with Gasteiger partial charge >= 0.3 is 0 Å². The predicted octanol–water partition coefficient (Wildman–Crippen LogP) is 0.872. The summed E-state index contributed by atoms with van der Waals surface area (Å²) in [4.78, 5) is 0. The quantitative estimate of drug-likeness (QED) is 0.516.